The molecule has 31 heavy (non-hydrogen) atoms. The van der Waals surface area contributed by atoms with Crippen molar-refractivity contribution >= 4 is 16.6 Å². The van der Waals surface area contributed by atoms with E-state index in [4.69, 9.17) is 5.73 Å². The van der Waals surface area contributed by atoms with Crippen LogP contribution in [0.2, 0.25) is 0 Å². The molecule has 164 valence electrons. The summed E-state index contributed by atoms with van der Waals surface area (Å²) in [4.78, 5) is 4.89. The van der Waals surface area contributed by atoms with E-state index in [0.717, 1.165) is 38.4 Å². The second-order valence-corrected chi connectivity index (χ2v) is 9.76. The Balaban J connectivity index is 1.69. The molecule has 0 atom stereocenters. The number of nitrogen functional groups attached to an aromatic ring is 1. The van der Waals surface area contributed by atoms with E-state index < -0.39 is 0 Å². The van der Waals surface area contributed by atoms with Gasteiger partial charge in [0, 0.05) is 49.4 Å². The third-order valence-corrected chi connectivity index (χ3v) is 7.31. The van der Waals surface area contributed by atoms with Crippen LogP contribution in [0.25, 0.3) is 22.2 Å². The monoisotopic (exact) mass is 416 g/mol. The average molecular weight is 417 g/mol. The smallest absolute Gasteiger partial charge is 0.0530 e. The van der Waals surface area contributed by atoms with Gasteiger partial charge in [-0.3, -0.25) is 4.90 Å². The predicted molar refractivity (Wildman–Crippen MR) is 131 cm³/mol. The van der Waals surface area contributed by atoms with Crippen molar-refractivity contribution in [1.29, 1.82) is 0 Å². The predicted octanol–water partition coefficient (Wildman–Crippen LogP) is 5.32. The quantitative estimate of drug-likeness (QED) is 0.585. The number of likely N-dealkylation sites (N-methyl/N-ethyl adjacent to an activating group) is 1. The van der Waals surface area contributed by atoms with Crippen LogP contribution in [0.15, 0.2) is 42.5 Å². The molecule has 2 N–H and O–H groups in total. The van der Waals surface area contributed by atoms with Gasteiger partial charge in [-0.05, 0) is 56.1 Å². The first-order valence-corrected chi connectivity index (χ1v) is 12.0. The van der Waals surface area contributed by atoms with Crippen LogP contribution in [-0.4, -0.2) is 48.1 Å². The van der Waals surface area contributed by atoms with Gasteiger partial charge in [0.05, 0.1) is 11.2 Å². The lowest BCUT2D eigenvalue weighted by Gasteiger charge is -2.30. The number of hydrogen-bond acceptors (Lipinski definition) is 3. The molecule has 4 heteroatoms. The van der Waals surface area contributed by atoms with Gasteiger partial charge in [-0.1, -0.05) is 49.6 Å². The van der Waals surface area contributed by atoms with Gasteiger partial charge >= 0.3 is 0 Å². The third-order valence-electron chi connectivity index (χ3n) is 7.31. The maximum absolute atomic E-state index is 6.29. The molecule has 5 rings (SSSR count). The van der Waals surface area contributed by atoms with Crippen LogP contribution in [0.1, 0.15) is 49.1 Å². The Morgan fingerprint density at radius 3 is 2.61 bits per heavy atom. The van der Waals surface area contributed by atoms with E-state index >= 15 is 0 Å². The maximum atomic E-state index is 6.29. The molecule has 4 nitrogen and oxygen atoms in total. The van der Waals surface area contributed by atoms with E-state index in [1.165, 1.54) is 59.8 Å². The minimum atomic E-state index is 0.661. The summed E-state index contributed by atoms with van der Waals surface area (Å²) >= 11 is 0. The summed E-state index contributed by atoms with van der Waals surface area (Å²) in [6, 6.07) is 15.7. The Morgan fingerprint density at radius 1 is 1.00 bits per heavy atom. The SMILES string of the molecule is CN(C)CCN1CCn2c(c(C3CCCCC3)c3ccc(N)cc32)-c2ccccc2C1. The molecule has 2 heterocycles. The first-order chi connectivity index (χ1) is 15.1. The van der Waals surface area contributed by atoms with Crippen LogP contribution < -0.4 is 5.73 Å². The van der Waals surface area contributed by atoms with E-state index in [2.05, 4.69) is 70.9 Å². The molecule has 1 aliphatic heterocycles. The number of nitrogens with two attached hydrogens (primary N) is 1. The summed E-state index contributed by atoms with van der Waals surface area (Å²) in [6.45, 7) is 5.29. The average Bonchev–Trinajstić information content (AvgIpc) is 3.07. The van der Waals surface area contributed by atoms with Crippen molar-refractivity contribution in [3.8, 4) is 11.3 Å². The van der Waals surface area contributed by atoms with Gasteiger partial charge in [0.1, 0.15) is 0 Å². The number of anilines is 1. The molecule has 0 spiro atoms. The van der Waals surface area contributed by atoms with E-state index in [0.29, 0.717) is 5.92 Å². The fraction of sp³-hybridized carbons (Fsp3) is 0.481. The zero-order valence-corrected chi connectivity index (χ0v) is 19.1. The Bertz CT molecular complexity index is 1060. The molecule has 1 fully saturated rings. The number of hydrogen-bond donors (Lipinski definition) is 1. The van der Waals surface area contributed by atoms with Crippen molar-refractivity contribution in [1.82, 2.24) is 14.4 Å². The van der Waals surface area contributed by atoms with Crippen LogP contribution in [0.5, 0.6) is 0 Å². The van der Waals surface area contributed by atoms with Crippen molar-refractivity contribution in [2.45, 2.75) is 51.1 Å². The number of benzene rings is 2. The second kappa shape index (κ2) is 8.68. The molecule has 0 saturated heterocycles. The summed E-state index contributed by atoms with van der Waals surface area (Å²) < 4.78 is 2.59. The molecule has 3 aromatic rings. The van der Waals surface area contributed by atoms with Crippen molar-refractivity contribution in [3.63, 3.8) is 0 Å². The van der Waals surface area contributed by atoms with Crippen LogP contribution >= 0.6 is 0 Å². The van der Waals surface area contributed by atoms with Crippen molar-refractivity contribution in [2.24, 2.45) is 0 Å². The lowest BCUT2D eigenvalue weighted by Crippen LogP contribution is -2.35. The van der Waals surface area contributed by atoms with Gasteiger partial charge in [-0.25, -0.2) is 0 Å². The zero-order valence-electron chi connectivity index (χ0n) is 19.1. The van der Waals surface area contributed by atoms with Crippen molar-refractivity contribution in [3.05, 3.63) is 53.6 Å². The topological polar surface area (TPSA) is 37.4 Å². The fourth-order valence-electron chi connectivity index (χ4n) is 5.70. The largest absolute Gasteiger partial charge is 0.399 e. The summed E-state index contributed by atoms with van der Waals surface area (Å²) in [5, 5.41) is 1.42. The van der Waals surface area contributed by atoms with Gasteiger partial charge in [-0.2, -0.15) is 0 Å². The molecule has 0 amide bonds. The first-order valence-electron chi connectivity index (χ1n) is 12.0. The highest BCUT2D eigenvalue weighted by Gasteiger charge is 2.29. The molecule has 1 aliphatic carbocycles. The van der Waals surface area contributed by atoms with Gasteiger partial charge in [0.2, 0.25) is 0 Å². The van der Waals surface area contributed by atoms with Gasteiger partial charge in [-0.15, -0.1) is 0 Å². The molecule has 0 radical (unpaired) electrons. The van der Waals surface area contributed by atoms with Crippen LogP contribution in [0, 0.1) is 0 Å². The fourth-order valence-corrected chi connectivity index (χ4v) is 5.70. The van der Waals surface area contributed by atoms with Crippen LogP contribution in [-0.2, 0) is 13.1 Å². The lowest BCUT2D eigenvalue weighted by molar-refractivity contribution is 0.225. The maximum Gasteiger partial charge on any atom is 0.0530 e. The second-order valence-electron chi connectivity index (χ2n) is 9.76. The van der Waals surface area contributed by atoms with E-state index in [9.17, 15) is 0 Å². The summed E-state index contributed by atoms with van der Waals surface area (Å²) in [6.07, 6.45) is 6.72. The Hall–Kier alpha value is -2.30. The minimum absolute atomic E-state index is 0.661. The Morgan fingerprint density at radius 2 is 1.81 bits per heavy atom. The summed E-state index contributed by atoms with van der Waals surface area (Å²) in [7, 11) is 4.32. The molecule has 0 unspecified atom stereocenters. The van der Waals surface area contributed by atoms with Crippen molar-refractivity contribution in [2.75, 3.05) is 39.5 Å². The number of nitrogens with zero attached hydrogens (tertiary/aromatic N) is 3. The molecule has 1 aromatic heterocycles. The standard InChI is InChI=1S/C27H36N4/c1-29(2)14-15-30-16-17-31-25-18-22(28)12-13-24(25)26(20-8-4-3-5-9-20)27(31)23-11-7-6-10-21(23)19-30/h6-7,10-13,18,20H,3-5,8-9,14-17,19,28H2,1-2H3. The zero-order chi connectivity index (χ0) is 21.4. The normalized spacial score (nSPS) is 18.0. The minimum Gasteiger partial charge on any atom is -0.399 e. The summed E-state index contributed by atoms with van der Waals surface area (Å²) in [5.74, 6) is 0.661. The van der Waals surface area contributed by atoms with Gasteiger partial charge in [0.25, 0.3) is 0 Å². The molecule has 0 bridgehead atoms. The molecular weight excluding hydrogens is 380 g/mol. The van der Waals surface area contributed by atoms with Crippen LogP contribution in [0.3, 0.4) is 0 Å². The number of aromatic nitrogens is 1. The molecule has 2 aliphatic rings. The molecule has 1 saturated carbocycles. The third kappa shape index (κ3) is 3.99. The highest BCUT2D eigenvalue weighted by Crippen LogP contribution is 2.45. The Kier molecular flexibility index (Phi) is 5.77. The van der Waals surface area contributed by atoms with Crippen molar-refractivity contribution < 1.29 is 0 Å². The van der Waals surface area contributed by atoms with Gasteiger partial charge < -0.3 is 15.2 Å². The molecular formula is C27H36N4. The van der Waals surface area contributed by atoms with Gasteiger partial charge in [0.15, 0.2) is 0 Å². The highest BCUT2D eigenvalue weighted by molar-refractivity contribution is 5.94. The lowest BCUT2D eigenvalue weighted by atomic mass is 9.81. The van der Waals surface area contributed by atoms with E-state index in [-0.39, 0.29) is 0 Å². The Labute approximate surface area is 186 Å². The van der Waals surface area contributed by atoms with E-state index in [1.54, 1.807) is 5.56 Å². The molecule has 2 aromatic carbocycles. The number of fused-ring (bicyclic) bond motifs is 5. The summed E-state index contributed by atoms with van der Waals surface area (Å²) in [5.41, 5.74) is 14.4. The van der Waals surface area contributed by atoms with Crippen LogP contribution in [0.4, 0.5) is 5.69 Å². The number of rotatable bonds is 4. The van der Waals surface area contributed by atoms with E-state index in [1.807, 2.05) is 0 Å². The highest BCUT2D eigenvalue weighted by atomic mass is 15.2. The first kappa shape index (κ1) is 20.6.